The first-order valence-corrected chi connectivity index (χ1v) is 12.1. The van der Waals surface area contributed by atoms with Gasteiger partial charge in [0.1, 0.15) is 18.2 Å². The molecule has 7 nitrogen and oxygen atoms in total. The predicted octanol–water partition coefficient (Wildman–Crippen LogP) is 4.10. The van der Waals surface area contributed by atoms with Crippen molar-refractivity contribution in [1.82, 2.24) is 14.7 Å². The van der Waals surface area contributed by atoms with Crippen LogP contribution in [0.4, 0.5) is 4.39 Å². The molecule has 1 aromatic heterocycles. The number of ether oxygens (including phenoxy) is 3. The minimum Gasteiger partial charge on any atom is -0.438 e. The van der Waals surface area contributed by atoms with Crippen LogP contribution in [0.5, 0.6) is 11.6 Å². The summed E-state index contributed by atoms with van der Waals surface area (Å²) in [7, 11) is 0. The first-order valence-electron chi connectivity index (χ1n) is 12.1. The molecule has 0 saturated carbocycles. The normalized spacial score (nSPS) is 16.2. The van der Waals surface area contributed by atoms with Gasteiger partial charge in [-0.25, -0.2) is 9.07 Å². The first kappa shape index (κ1) is 25.9. The summed E-state index contributed by atoms with van der Waals surface area (Å²) >= 11 is 0. The van der Waals surface area contributed by atoms with Gasteiger partial charge in [0.25, 0.3) is 0 Å². The molecule has 3 aromatic rings. The summed E-state index contributed by atoms with van der Waals surface area (Å²) in [5.41, 5.74) is 2.45. The molecule has 4 rings (SSSR count). The summed E-state index contributed by atoms with van der Waals surface area (Å²) in [6.45, 7) is 4.41. The highest BCUT2D eigenvalue weighted by atomic mass is 19.1. The first-order chi connectivity index (χ1) is 17.5. The van der Waals surface area contributed by atoms with Gasteiger partial charge in [-0.1, -0.05) is 30.2 Å². The monoisotopic (exact) mass is 493 g/mol. The maximum atomic E-state index is 13.9. The van der Waals surface area contributed by atoms with Crippen LogP contribution in [0.2, 0.25) is 0 Å². The van der Waals surface area contributed by atoms with Crippen molar-refractivity contribution in [2.45, 2.75) is 38.5 Å². The molecule has 1 N–H and O–H groups in total. The molecule has 0 spiro atoms. The maximum absolute atomic E-state index is 13.9. The molecule has 1 fully saturated rings. The highest BCUT2D eigenvalue weighted by molar-refractivity contribution is 5.43. The molecule has 2 aromatic carbocycles. The molecule has 0 unspecified atom stereocenters. The SMILES string of the molecule is C#CCOC[C@@H](O)CN(Cc1c(C)nn(-c2ccccc2)c1Oc1cccc(F)c1)C[C@@H]1CCCO1. The summed E-state index contributed by atoms with van der Waals surface area (Å²) in [6, 6.07) is 15.7. The van der Waals surface area contributed by atoms with E-state index in [1.807, 2.05) is 37.3 Å². The Labute approximate surface area is 211 Å². The number of benzene rings is 2. The number of para-hydroxylation sites is 1. The summed E-state index contributed by atoms with van der Waals surface area (Å²) in [6.07, 6.45) is 6.60. The van der Waals surface area contributed by atoms with Gasteiger partial charge in [-0.15, -0.1) is 6.42 Å². The van der Waals surface area contributed by atoms with E-state index in [1.54, 1.807) is 16.8 Å². The average Bonchev–Trinajstić information content (AvgIpc) is 3.48. The Balaban J connectivity index is 1.64. The zero-order chi connectivity index (χ0) is 25.3. The molecule has 2 atom stereocenters. The van der Waals surface area contributed by atoms with Crippen LogP contribution in [0, 0.1) is 25.1 Å². The Hall–Kier alpha value is -3.22. The lowest BCUT2D eigenvalue weighted by Gasteiger charge is -2.27. The molecule has 190 valence electrons. The molecular weight excluding hydrogens is 461 g/mol. The number of aromatic nitrogens is 2. The number of nitrogens with zero attached hydrogens (tertiary/aromatic N) is 3. The highest BCUT2D eigenvalue weighted by Crippen LogP contribution is 2.32. The Morgan fingerprint density at radius 1 is 1.28 bits per heavy atom. The smallest absolute Gasteiger partial charge is 0.227 e. The maximum Gasteiger partial charge on any atom is 0.227 e. The molecule has 36 heavy (non-hydrogen) atoms. The summed E-state index contributed by atoms with van der Waals surface area (Å²) in [5.74, 6) is 2.91. The van der Waals surface area contributed by atoms with Crippen LogP contribution in [0.15, 0.2) is 54.6 Å². The van der Waals surface area contributed by atoms with Gasteiger partial charge in [-0.05, 0) is 44.0 Å². The second-order valence-electron chi connectivity index (χ2n) is 8.88. The Morgan fingerprint density at radius 3 is 2.83 bits per heavy atom. The molecule has 0 amide bonds. The molecule has 0 bridgehead atoms. The molecular formula is C28H32FN3O4. The van der Waals surface area contributed by atoms with E-state index in [0.717, 1.165) is 36.4 Å². The lowest BCUT2D eigenvalue weighted by Crippen LogP contribution is -2.39. The molecule has 1 aliphatic rings. The quantitative estimate of drug-likeness (QED) is 0.303. The van der Waals surface area contributed by atoms with Gasteiger partial charge >= 0.3 is 0 Å². The number of rotatable bonds is 12. The third kappa shape index (κ3) is 6.93. The average molecular weight is 494 g/mol. The highest BCUT2D eigenvalue weighted by Gasteiger charge is 2.26. The van der Waals surface area contributed by atoms with Crippen LogP contribution in [0.1, 0.15) is 24.1 Å². The van der Waals surface area contributed by atoms with Crippen LogP contribution in [0.25, 0.3) is 5.69 Å². The topological polar surface area (TPSA) is 69.0 Å². The third-order valence-electron chi connectivity index (χ3n) is 5.98. The van der Waals surface area contributed by atoms with E-state index in [4.69, 9.17) is 25.7 Å². The van der Waals surface area contributed by atoms with Crippen LogP contribution < -0.4 is 4.74 Å². The fourth-order valence-electron chi connectivity index (χ4n) is 4.32. The van der Waals surface area contributed by atoms with Crippen molar-refractivity contribution in [1.29, 1.82) is 0 Å². The van der Waals surface area contributed by atoms with E-state index in [0.29, 0.717) is 31.3 Å². The second-order valence-corrected chi connectivity index (χ2v) is 8.88. The van der Waals surface area contributed by atoms with Crippen molar-refractivity contribution >= 4 is 0 Å². The van der Waals surface area contributed by atoms with E-state index in [-0.39, 0.29) is 25.1 Å². The molecule has 0 aliphatic carbocycles. The van der Waals surface area contributed by atoms with Gasteiger partial charge in [0, 0.05) is 32.3 Å². The van der Waals surface area contributed by atoms with Crippen molar-refractivity contribution in [2.75, 3.05) is 32.9 Å². The number of hydrogen-bond donors (Lipinski definition) is 1. The van der Waals surface area contributed by atoms with Gasteiger partial charge < -0.3 is 19.3 Å². The number of halogens is 1. The van der Waals surface area contributed by atoms with Crippen LogP contribution in [-0.4, -0.2) is 64.9 Å². The minimum absolute atomic E-state index is 0.0842. The van der Waals surface area contributed by atoms with E-state index in [2.05, 4.69) is 10.8 Å². The lowest BCUT2D eigenvalue weighted by atomic mass is 10.1. The molecule has 1 saturated heterocycles. The minimum atomic E-state index is -0.725. The van der Waals surface area contributed by atoms with Gasteiger partial charge in [-0.3, -0.25) is 4.90 Å². The van der Waals surface area contributed by atoms with Gasteiger partial charge in [-0.2, -0.15) is 5.10 Å². The number of hydrogen-bond acceptors (Lipinski definition) is 6. The van der Waals surface area contributed by atoms with E-state index >= 15 is 0 Å². The predicted molar refractivity (Wildman–Crippen MR) is 135 cm³/mol. The third-order valence-corrected chi connectivity index (χ3v) is 5.98. The number of terminal acetylenes is 1. The lowest BCUT2D eigenvalue weighted by molar-refractivity contribution is 0.00935. The van der Waals surface area contributed by atoms with Crippen molar-refractivity contribution in [3.8, 4) is 29.7 Å². The van der Waals surface area contributed by atoms with Crippen molar-refractivity contribution in [3.63, 3.8) is 0 Å². The zero-order valence-electron chi connectivity index (χ0n) is 20.5. The summed E-state index contributed by atoms with van der Waals surface area (Å²) in [4.78, 5) is 2.12. The Bertz CT molecular complexity index is 1160. The number of aryl methyl sites for hydroxylation is 1. The molecule has 1 aliphatic heterocycles. The Morgan fingerprint density at radius 2 is 2.11 bits per heavy atom. The fourth-order valence-corrected chi connectivity index (χ4v) is 4.32. The van der Waals surface area contributed by atoms with Gasteiger partial charge in [0.15, 0.2) is 0 Å². The van der Waals surface area contributed by atoms with E-state index in [9.17, 15) is 9.50 Å². The number of aliphatic hydroxyl groups excluding tert-OH is 1. The van der Waals surface area contributed by atoms with Crippen LogP contribution >= 0.6 is 0 Å². The largest absolute Gasteiger partial charge is 0.438 e. The molecule has 0 radical (unpaired) electrons. The fraction of sp³-hybridized carbons (Fsp3) is 0.393. The summed E-state index contributed by atoms with van der Waals surface area (Å²) < 4.78 is 33.1. The molecule has 2 heterocycles. The summed E-state index contributed by atoms with van der Waals surface area (Å²) in [5, 5.41) is 15.4. The van der Waals surface area contributed by atoms with E-state index in [1.165, 1.54) is 12.1 Å². The van der Waals surface area contributed by atoms with Crippen LogP contribution in [0.3, 0.4) is 0 Å². The van der Waals surface area contributed by atoms with Crippen LogP contribution in [-0.2, 0) is 16.0 Å². The van der Waals surface area contributed by atoms with Crippen molar-refractivity contribution < 1.29 is 23.7 Å². The van der Waals surface area contributed by atoms with Crippen molar-refractivity contribution in [3.05, 3.63) is 71.7 Å². The molecule has 8 heteroatoms. The zero-order valence-corrected chi connectivity index (χ0v) is 20.5. The van der Waals surface area contributed by atoms with Gasteiger partial charge in [0.05, 0.1) is 35.8 Å². The van der Waals surface area contributed by atoms with E-state index < -0.39 is 6.10 Å². The van der Waals surface area contributed by atoms with Gasteiger partial charge in [0.2, 0.25) is 5.88 Å². The van der Waals surface area contributed by atoms with Crippen molar-refractivity contribution in [2.24, 2.45) is 0 Å². The second kappa shape index (κ2) is 12.7. The number of aliphatic hydroxyl groups is 1. The standard InChI is InChI=1S/C28H32FN3O4/c1-3-14-34-20-24(33)17-31(18-26-13-8-15-35-26)19-27-21(2)30-32(23-10-5-4-6-11-23)28(27)36-25-12-7-9-22(29)16-25/h1,4-7,9-12,16,24,26,33H,8,13-15,17-20H2,2H3/t24-,26-/m0/s1. The Kier molecular flexibility index (Phi) is 9.09.